The number of aromatic hydroxyl groups is 1. The van der Waals surface area contributed by atoms with Crippen LogP contribution in [0.1, 0.15) is 32.7 Å². The number of methoxy groups -OCH3 is 1. The van der Waals surface area contributed by atoms with Crippen LogP contribution >= 0.6 is 0 Å². The fourth-order valence-corrected chi connectivity index (χ4v) is 2.05. The number of aliphatic imine (C=N–C) groups is 1. The minimum absolute atomic E-state index is 0.0259. The van der Waals surface area contributed by atoms with E-state index in [2.05, 4.69) is 9.98 Å². The van der Waals surface area contributed by atoms with E-state index >= 15 is 0 Å². The van der Waals surface area contributed by atoms with Gasteiger partial charge in [-0.1, -0.05) is 6.07 Å². The predicted octanol–water partition coefficient (Wildman–Crippen LogP) is 2.43. The maximum atomic E-state index is 11.6. The molecule has 0 amide bonds. The Bertz CT molecular complexity index is 769. The van der Waals surface area contributed by atoms with Gasteiger partial charge in [0.2, 0.25) is 0 Å². The molecule has 0 saturated heterocycles. The van der Waals surface area contributed by atoms with E-state index in [-0.39, 0.29) is 12.4 Å². The first-order valence-electron chi connectivity index (χ1n) is 6.99. The molecule has 0 aliphatic heterocycles. The molecule has 23 heavy (non-hydrogen) atoms. The minimum Gasteiger partial charge on any atom is -0.505 e. The van der Waals surface area contributed by atoms with Gasteiger partial charge < -0.3 is 14.9 Å². The second kappa shape index (κ2) is 7.02. The summed E-state index contributed by atoms with van der Waals surface area (Å²) in [5.41, 5.74) is 3.16. The number of hydrogen-bond acceptors (Lipinski definition) is 6. The van der Waals surface area contributed by atoms with Gasteiger partial charge in [-0.2, -0.15) is 0 Å². The van der Waals surface area contributed by atoms with Crippen LogP contribution in [-0.4, -0.2) is 34.5 Å². The van der Waals surface area contributed by atoms with Gasteiger partial charge in [-0.15, -0.1) is 0 Å². The third-order valence-corrected chi connectivity index (χ3v) is 3.49. The number of aryl methyl sites for hydroxylation is 2. The van der Waals surface area contributed by atoms with Gasteiger partial charge in [0.1, 0.15) is 5.75 Å². The number of ether oxygens (including phenoxy) is 1. The van der Waals surface area contributed by atoms with Gasteiger partial charge in [-0.25, -0.2) is 4.79 Å². The summed E-state index contributed by atoms with van der Waals surface area (Å²) in [7, 11) is 1.32. The lowest BCUT2D eigenvalue weighted by atomic mass is 10.1. The number of aromatic nitrogens is 1. The highest BCUT2D eigenvalue weighted by Crippen LogP contribution is 2.25. The third kappa shape index (κ3) is 3.54. The lowest BCUT2D eigenvalue weighted by molar-refractivity contribution is 0.0601. The Morgan fingerprint density at radius 3 is 2.78 bits per heavy atom. The van der Waals surface area contributed by atoms with Gasteiger partial charge in [-0.3, -0.25) is 9.98 Å². The number of aliphatic hydroxyl groups is 1. The van der Waals surface area contributed by atoms with Crippen LogP contribution in [0.5, 0.6) is 5.75 Å². The van der Waals surface area contributed by atoms with Crippen molar-refractivity contribution in [3.63, 3.8) is 0 Å². The van der Waals surface area contributed by atoms with Crippen LogP contribution in [0.3, 0.4) is 0 Å². The monoisotopic (exact) mass is 314 g/mol. The molecule has 0 unspecified atom stereocenters. The van der Waals surface area contributed by atoms with Gasteiger partial charge in [-0.05, 0) is 31.5 Å². The molecule has 1 aromatic heterocycles. The van der Waals surface area contributed by atoms with E-state index in [0.717, 1.165) is 5.56 Å². The van der Waals surface area contributed by atoms with Gasteiger partial charge in [0.05, 0.1) is 30.7 Å². The van der Waals surface area contributed by atoms with Crippen molar-refractivity contribution >= 4 is 17.9 Å². The number of nitrogens with zero attached hydrogens (tertiary/aromatic N) is 2. The summed E-state index contributed by atoms with van der Waals surface area (Å²) in [5.74, 6) is -0.470. The fourth-order valence-electron chi connectivity index (χ4n) is 2.05. The summed E-state index contributed by atoms with van der Waals surface area (Å²) in [4.78, 5) is 19.9. The smallest absolute Gasteiger partial charge is 0.337 e. The van der Waals surface area contributed by atoms with Gasteiger partial charge in [0, 0.05) is 23.5 Å². The summed E-state index contributed by atoms with van der Waals surface area (Å²) in [5, 5.41) is 19.5. The highest BCUT2D eigenvalue weighted by molar-refractivity contribution is 5.92. The molecule has 2 aromatic rings. The zero-order valence-corrected chi connectivity index (χ0v) is 13.2. The number of pyridine rings is 1. The van der Waals surface area contributed by atoms with Gasteiger partial charge in [0.15, 0.2) is 0 Å². The molecular weight excluding hydrogens is 296 g/mol. The average molecular weight is 314 g/mol. The Morgan fingerprint density at radius 2 is 2.13 bits per heavy atom. The normalized spacial score (nSPS) is 11.0. The molecule has 0 saturated carbocycles. The van der Waals surface area contributed by atoms with Crippen LogP contribution in [0.2, 0.25) is 0 Å². The van der Waals surface area contributed by atoms with Crippen LogP contribution in [0.25, 0.3) is 0 Å². The third-order valence-electron chi connectivity index (χ3n) is 3.49. The molecule has 6 nitrogen and oxygen atoms in total. The Balaban J connectivity index is 2.45. The molecule has 0 atom stereocenters. The number of aliphatic hydroxyl groups excluding tert-OH is 1. The first-order chi connectivity index (χ1) is 11.0. The van der Waals surface area contributed by atoms with E-state index in [9.17, 15) is 15.0 Å². The van der Waals surface area contributed by atoms with Crippen LogP contribution < -0.4 is 0 Å². The van der Waals surface area contributed by atoms with E-state index in [1.165, 1.54) is 19.5 Å². The van der Waals surface area contributed by atoms with Crippen molar-refractivity contribution in [1.82, 2.24) is 4.98 Å². The lowest BCUT2D eigenvalue weighted by Crippen LogP contribution is -2.01. The molecule has 0 bridgehead atoms. The molecule has 6 heteroatoms. The van der Waals surface area contributed by atoms with Gasteiger partial charge >= 0.3 is 5.97 Å². The van der Waals surface area contributed by atoms with E-state index in [4.69, 9.17) is 4.74 Å². The SMILES string of the molecule is COC(=O)c1ccc(C)c(N=Cc2c(CO)cnc(C)c2O)c1. The molecule has 0 fully saturated rings. The van der Waals surface area contributed by atoms with Crippen LogP contribution in [0.15, 0.2) is 29.4 Å². The highest BCUT2D eigenvalue weighted by Gasteiger charge is 2.10. The molecular formula is C17H18N2O4. The number of hydrogen-bond donors (Lipinski definition) is 2. The summed E-state index contributed by atoms with van der Waals surface area (Å²) >= 11 is 0. The van der Waals surface area contributed by atoms with Crippen molar-refractivity contribution in [1.29, 1.82) is 0 Å². The second-order valence-corrected chi connectivity index (χ2v) is 5.04. The van der Waals surface area contributed by atoms with Crippen LogP contribution in [0.4, 0.5) is 5.69 Å². The van der Waals surface area contributed by atoms with E-state index in [1.54, 1.807) is 25.1 Å². The summed E-state index contributed by atoms with van der Waals surface area (Å²) in [6, 6.07) is 5.04. The molecule has 0 spiro atoms. The summed E-state index contributed by atoms with van der Waals surface area (Å²) in [6.07, 6.45) is 2.95. The van der Waals surface area contributed by atoms with Crippen LogP contribution in [0, 0.1) is 13.8 Å². The minimum atomic E-state index is -0.444. The largest absolute Gasteiger partial charge is 0.505 e. The van der Waals surface area contributed by atoms with Crippen molar-refractivity contribution in [2.24, 2.45) is 4.99 Å². The molecule has 2 N–H and O–H groups in total. The average Bonchev–Trinajstić information content (AvgIpc) is 2.56. The second-order valence-electron chi connectivity index (χ2n) is 5.04. The molecule has 1 aromatic carbocycles. The van der Waals surface area contributed by atoms with E-state index in [0.29, 0.717) is 28.1 Å². The van der Waals surface area contributed by atoms with Crippen molar-refractivity contribution in [2.45, 2.75) is 20.5 Å². The van der Waals surface area contributed by atoms with E-state index in [1.807, 2.05) is 6.92 Å². The highest BCUT2D eigenvalue weighted by atomic mass is 16.5. The van der Waals surface area contributed by atoms with Crippen molar-refractivity contribution < 1.29 is 19.7 Å². The Morgan fingerprint density at radius 1 is 1.39 bits per heavy atom. The molecule has 0 aliphatic carbocycles. The number of carbonyl (C=O) groups is 1. The summed E-state index contributed by atoms with van der Waals surface area (Å²) in [6.45, 7) is 3.26. The number of benzene rings is 1. The number of esters is 1. The maximum Gasteiger partial charge on any atom is 0.337 e. The van der Waals surface area contributed by atoms with E-state index < -0.39 is 5.97 Å². The number of carbonyl (C=O) groups excluding carboxylic acids is 1. The van der Waals surface area contributed by atoms with Crippen molar-refractivity contribution in [3.8, 4) is 5.75 Å². The van der Waals surface area contributed by atoms with Crippen molar-refractivity contribution in [2.75, 3.05) is 7.11 Å². The fraction of sp³-hybridized carbons (Fsp3) is 0.235. The summed E-state index contributed by atoms with van der Waals surface area (Å²) < 4.78 is 4.69. The Labute approximate surface area is 134 Å². The molecule has 1 heterocycles. The number of rotatable bonds is 4. The Kier molecular flexibility index (Phi) is 5.08. The first-order valence-corrected chi connectivity index (χ1v) is 6.99. The zero-order chi connectivity index (χ0) is 17.0. The van der Waals surface area contributed by atoms with Crippen molar-refractivity contribution in [3.05, 3.63) is 52.3 Å². The molecule has 0 radical (unpaired) electrons. The predicted molar refractivity (Wildman–Crippen MR) is 86.3 cm³/mol. The Hall–Kier alpha value is -2.73. The maximum absolute atomic E-state index is 11.6. The van der Waals surface area contributed by atoms with Gasteiger partial charge in [0.25, 0.3) is 0 Å². The molecule has 120 valence electrons. The standard InChI is InChI=1S/C17H18N2O4/c1-10-4-5-12(17(22)23-3)6-15(10)19-8-14-13(9-20)7-18-11(2)16(14)21/h4-8,20-21H,9H2,1-3H3. The quantitative estimate of drug-likeness (QED) is 0.668. The molecule has 2 rings (SSSR count). The first kappa shape index (κ1) is 16.6. The molecule has 0 aliphatic rings. The zero-order valence-electron chi connectivity index (χ0n) is 13.2. The topological polar surface area (TPSA) is 92.0 Å². The lowest BCUT2D eigenvalue weighted by Gasteiger charge is -2.08. The van der Waals surface area contributed by atoms with Crippen LogP contribution in [-0.2, 0) is 11.3 Å².